The zero-order chi connectivity index (χ0) is 23.7. The fourth-order valence-corrected chi connectivity index (χ4v) is 4.95. The van der Waals surface area contributed by atoms with Gasteiger partial charge < -0.3 is 4.42 Å². The van der Waals surface area contributed by atoms with Gasteiger partial charge in [-0.25, -0.2) is 4.98 Å². The van der Waals surface area contributed by atoms with Crippen LogP contribution in [0.5, 0.6) is 0 Å². The molecular weight excluding hydrogens is 472 g/mol. The molecule has 0 bridgehead atoms. The fourth-order valence-electron chi connectivity index (χ4n) is 3.25. The molecule has 168 valence electrons. The van der Waals surface area contributed by atoms with E-state index in [0.717, 1.165) is 11.3 Å². The van der Waals surface area contributed by atoms with Gasteiger partial charge in [-0.2, -0.15) is 4.99 Å². The Hall–Kier alpha value is -4.02. The minimum atomic E-state index is -0.450. The van der Waals surface area contributed by atoms with E-state index in [0.29, 0.717) is 32.3 Å². The van der Waals surface area contributed by atoms with Crippen molar-refractivity contribution in [3.8, 4) is 22.6 Å². The molecule has 34 heavy (non-hydrogen) atoms. The molecule has 0 aliphatic carbocycles. The molecule has 0 saturated carbocycles. The van der Waals surface area contributed by atoms with Gasteiger partial charge in [-0.3, -0.25) is 19.8 Å². The first kappa shape index (κ1) is 21.8. The van der Waals surface area contributed by atoms with E-state index in [1.807, 2.05) is 35.7 Å². The van der Waals surface area contributed by atoms with Crippen LogP contribution in [0.25, 0.3) is 28.7 Å². The Kier molecular flexibility index (Phi) is 5.83. The number of amidine groups is 1. The lowest BCUT2D eigenvalue weighted by Gasteiger charge is -2.05. The van der Waals surface area contributed by atoms with Crippen LogP contribution >= 0.6 is 23.1 Å². The molecule has 8 nitrogen and oxygen atoms in total. The Morgan fingerprint density at radius 1 is 1.06 bits per heavy atom. The molecule has 1 saturated heterocycles. The van der Waals surface area contributed by atoms with Crippen LogP contribution in [0.1, 0.15) is 5.76 Å². The van der Waals surface area contributed by atoms with Crippen LogP contribution in [0.15, 0.2) is 86.4 Å². The highest BCUT2D eigenvalue weighted by Crippen LogP contribution is 2.35. The first-order valence-corrected chi connectivity index (χ1v) is 11.8. The number of hydrogen-bond donors (Lipinski definition) is 0. The van der Waals surface area contributed by atoms with Crippen molar-refractivity contribution in [2.24, 2.45) is 4.99 Å². The smallest absolute Gasteiger partial charge is 0.269 e. The lowest BCUT2D eigenvalue weighted by molar-refractivity contribution is -0.384. The molecule has 5 rings (SSSR count). The number of thiazole rings is 1. The second-order valence-electron chi connectivity index (χ2n) is 7.26. The number of likely N-dealkylation sites (N-methyl/N-ethyl adjacent to an activating group) is 1. The van der Waals surface area contributed by atoms with E-state index < -0.39 is 4.92 Å². The van der Waals surface area contributed by atoms with E-state index in [-0.39, 0.29) is 11.6 Å². The summed E-state index contributed by atoms with van der Waals surface area (Å²) in [5, 5.41) is 13.9. The number of aliphatic imine (C=N–C) groups is 1. The minimum Gasteiger partial charge on any atom is -0.457 e. The molecule has 0 radical (unpaired) electrons. The summed E-state index contributed by atoms with van der Waals surface area (Å²) in [4.78, 5) is 34.2. The molecule has 1 aliphatic rings. The highest BCUT2D eigenvalue weighted by Gasteiger charge is 2.31. The first-order valence-electron chi connectivity index (χ1n) is 10.1. The number of furan rings is 1. The molecule has 0 atom stereocenters. The van der Waals surface area contributed by atoms with Gasteiger partial charge in [0.05, 0.1) is 15.5 Å². The predicted octanol–water partition coefficient (Wildman–Crippen LogP) is 6.21. The number of nitro groups is 1. The third-order valence-corrected chi connectivity index (χ3v) is 6.81. The molecule has 10 heteroatoms. The molecule has 0 N–H and O–H groups in total. The van der Waals surface area contributed by atoms with E-state index in [2.05, 4.69) is 9.98 Å². The fraction of sp³-hybridized carbons (Fsp3) is 0.0417. The summed E-state index contributed by atoms with van der Waals surface area (Å²) in [7, 11) is 1.67. The Bertz CT molecular complexity index is 1440. The molecule has 4 aromatic rings. The molecular formula is C24H16N4O4S2. The van der Waals surface area contributed by atoms with Gasteiger partial charge in [0.25, 0.3) is 11.6 Å². The summed E-state index contributed by atoms with van der Waals surface area (Å²) in [5.41, 5.74) is 2.57. The van der Waals surface area contributed by atoms with Crippen LogP contribution in [0.4, 0.5) is 10.8 Å². The summed E-state index contributed by atoms with van der Waals surface area (Å²) in [6.07, 6.45) is 1.66. The Balaban J connectivity index is 1.35. The molecule has 1 aliphatic heterocycles. The van der Waals surface area contributed by atoms with E-state index in [1.165, 1.54) is 40.1 Å². The van der Waals surface area contributed by atoms with Crippen LogP contribution in [0.2, 0.25) is 0 Å². The largest absolute Gasteiger partial charge is 0.457 e. The lowest BCUT2D eigenvalue weighted by Crippen LogP contribution is -2.23. The van der Waals surface area contributed by atoms with Gasteiger partial charge >= 0.3 is 0 Å². The highest BCUT2D eigenvalue weighted by atomic mass is 32.2. The van der Waals surface area contributed by atoms with Crippen LogP contribution in [0, 0.1) is 10.1 Å². The molecule has 1 amide bonds. The van der Waals surface area contributed by atoms with Gasteiger partial charge in [0.1, 0.15) is 11.5 Å². The van der Waals surface area contributed by atoms with Gasteiger partial charge in [0, 0.05) is 41.8 Å². The molecule has 1 fully saturated rings. The van der Waals surface area contributed by atoms with Gasteiger partial charge in [0.15, 0.2) is 5.17 Å². The van der Waals surface area contributed by atoms with Gasteiger partial charge in [-0.1, -0.05) is 30.3 Å². The molecule has 2 aromatic carbocycles. The van der Waals surface area contributed by atoms with Crippen LogP contribution in [-0.2, 0) is 4.79 Å². The third-order valence-electron chi connectivity index (χ3n) is 5.02. The molecule has 0 spiro atoms. The quantitative estimate of drug-likeness (QED) is 0.188. The normalized spacial score (nSPS) is 16.0. The number of hydrogen-bond acceptors (Lipinski definition) is 8. The zero-order valence-electron chi connectivity index (χ0n) is 17.7. The number of non-ortho nitro benzene ring substituents is 1. The maximum Gasteiger partial charge on any atom is 0.269 e. The van der Waals surface area contributed by atoms with Crippen molar-refractivity contribution in [1.29, 1.82) is 0 Å². The van der Waals surface area contributed by atoms with Crippen LogP contribution in [0.3, 0.4) is 0 Å². The van der Waals surface area contributed by atoms with E-state index in [4.69, 9.17) is 4.42 Å². The van der Waals surface area contributed by atoms with Crippen molar-refractivity contribution < 1.29 is 14.1 Å². The number of nitrogens with zero attached hydrogens (tertiary/aromatic N) is 4. The monoisotopic (exact) mass is 488 g/mol. The molecule has 0 unspecified atom stereocenters. The van der Waals surface area contributed by atoms with Crippen molar-refractivity contribution in [2.75, 3.05) is 7.05 Å². The van der Waals surface area contributed by atoms with Gasteiger partial charge in [-0.15, -0.1) is 11.3 Å². The summed E-state index contributed by atoms with van der Waals surface area (Å²) in [6, 6.07) is 19.4. The lowest BCUT2D eigenvalue weighted by atomic mass is 10.1. The minimum absolute atomic E-state index is 0.0107. The maximum absolute atomic E-state index is 12.7. The number of nitro benzene ring substituents is 1. The SMILES string of the molecule is CN1C(=O)/C(=C\c2ccc(-c3ccc([N+](=O)[O-])cc3)o2)S/C1=N/c1nc(-c2ccccc2)cs1. The average Bonchev–Trinajstić information content (AvgIpc) is 3.58. The second kappa shape index (κ2) is 9.08. The number of benzene rings is 2. The summed E-state index contributed by atoms with van der Waals surface area (Å²) >= 11 is 2.66. The van der Waals surface area contributed by atoms with E-state index in [9.17, 15) is 14.9 Å². The van der Waals surface area contributed by atoms with E-state index in [1.54, 1.807) is 37.4 Å². The van der Waals surface area contributed by atoms with Crippen molar-refractivity contribution in [3.63, 3.8) is 0 Å². The van der Waals surface area contributed by atoms with Crippen molar-refractivity contribution in [2.45, 2.75) is 0 Å². The third kappa shape index (κ3) is 4.41. The van der Waals surface area contributed by atoms with Crippen LogP contribution in [-0.4, -0.2) is 32.9 Å². The van der Waals surface area contributed by atoms with Crippen molar-refractivity contribution in [3.05, 3.63) is 92.9 Å². The summed E-state index contributed by atoms with van der Waals surface area (Å²) < 4.78 is 5.84. The number of rotatable bonds is 5. The second-order valence-corrected chi connectivity index (χ2v) is 9.10. The Morgan fingerprint density at radius 2 is 1.82 bits per heavy atom. The number of carbonyl (C=O) groups excluding carboxylic acids is 1. The van der Waals surface area contributed by atoms with Crippen molar-refractivity contribution in [1.82, 2.24) is 9.88 Å². The van der Waals surface area contributed by atoms with E-state index >= 15 is 0 Å². The standard InChI is InChI=1S/C24H16N4O4S2/c1-27-22(29)21(13-18-11-12-20(32-18)16-7-9-17(10-8-16)28(30)31)34-24(27)26-23-25-19(14-33-23)15-5-3-2-4-6-15/h2-14H,1H3/b21-13+,26-24+. The number of amides is 1. The van der Waals surface area contributed by atoms with Gasteiger partial charge in [0.2, 0.25) is 5.13 Å². The summed E-state index contributed by atoms with van der Waals surface area (Å²) in [5.74, 6) is 0.868. The highest BCUT2D eigenvalue weighted by molar-refractivity contribution is 8.18. The topological polar surface area (TPSA) is 102 Å². The van der Waals surface area contributed by atoms with Crippen molar-refractivity contribution >= 4 is 51.1 Å². The predicted molar refractivity (Wildman–Crippen MR) is 134 cm³/mol. The Labute approximate surface area is 202 Å². The average molecular weight is 489 g/mol. The number of carbonyl (C=O) groups is 1. The molecule has 2 aromatic heterocycles. The molecule has 3 heterocycles. The number of thioether (sulfide) groups is 1. The zero-order valence-corrected chi connectivity index (χ0v) is 19.4. The summed E-state index contributed by atoms with van der Waals surface area (Å²) in [6.45, 7) is 0. The van der Waals surface area contributed by atoms with Gasteiger partial charge in [-0.05, 0) is 36.0 Å². The maximum atomic E-state index is 12.7. The first-order chi connectivity index (χ1) is 16.5. The van der Waals surface area contributed by atoms with Crippen LogP contribution < -0.4 is 0 Å². The Morgan fingerprint density at radius 3 is 2.56 bits per heavy atom. The number of aromatic nitrogens is 1.